The number of hydrogen-bond acceptors (Lipinski definition) is 4. The quantitative estimate of drug-likeness (QED) is 0.888. The minimum absolute atomic E-state index is 0.0443. The highest BCUT2D eigenvalue weighted by atomic mass is 16.5. The summed E-state index contributed by atoms with van der Waals surface area (Å²) >= 11 is 0. The summed E-state index contributed by atoms with van der Waals surface area (Å²) in [7, 11) is 1.72. The summed E-state index contributed by atoms with van der Waals surface area (Å²) in [6.07, 6.45) is 0.0443. The molecule has 1 aromatic rings. The van der Waals surface area contributed by atoms with E-state index < -0.39 is 0 Å². The van der Waals surface area contributed by atoms with Crippen molar-refractivity contribution in [2.75, 3.05) is 18.6 Å². The molecule has 2 unspecified atom stereocenters. The molecule has 18 heavy (non-hydrogen) atoms. The number of benzene rings is 1. The smallest absolute Gasteiger partial charge is 0.196 e. The van der Waals surface area contributed by atoms with Gasteiger partial charge in [-0.3, -0.25) is 4.99 Å². The summed E-state index contributed by atoms with van der Waals surface area (Å²) in [6.45, 7) is 6.91. The van der Waals surface area contributed by atoms with Crippen molar-refractivity contribution in [2.45, 2.75) is 32.4 Å². The van der Waals surface area contributed by atoms with Crippen molar-refractivity contribution in [3.05, 3.63) is 29.8 Å². The molecule has 0 radical (unpaired) electrons. The maximum absolute atomic E-state index is 6.05. The Kier molecular flexibility index (Phi) is 3.30. The molecule has 0 aromatic heterocycles. The summed E-state index contributed by atoms with van der Waals surface area (Å²) in [5, 5.41) is 0. The van der Waals surface area contributed by atoms with Crippen molar-refractivity contribution >= 4 is 11.6 Å². The van der Waals surface area contributed by atoms with E-state index in [1.807, 2.05) is 6.07 Å². The number of rotatable bonds is 3. The number of aliphatic imine (C=N–C) groups is 1. The van der Waals surface area contributed by atoms with Gasteiger partial charge < -0.3 is 15.4 Å². The second kappa shape index (κ2) is 4.61. The molecule has 2 N–H and O–H groups in total. The summed E-state index contributed by atoms with van der Waals surface area (Å²) in [5.41, 5.74) is 8.10. The Hall–Kier alpha value is -1.55. The fraction of sp³-hybridized carbons (Fsp3) is 0.500. The number of nitrogens with two attached hydrogens (primary N) is 1. The fourth-order valence-electron chi connectivity index (χ4n) is 2.40. The molecule has 0 aliphatic carbocycles. The van der Waals surface area contributed by atoms with Gasteiger partial charge in [-0.05, 0) is 38.5 Å². The largest absolute Gasteiger partial charge is 0.379 e. The van der Waals surface area contributed by atoms with Gasteiger partial charge in [0.25, 0.3) is 0 Å². The zero-order valence-electron chi connectivity index (χ0n) is 11.5. The van der Waals surface area contributed by atoms with E-state index in [1.54, 1.807) is 7.11 Å². The van der Waals surface area contributed by atoms with E-state index in [4.69, 9.17) is 10.5 Å². The molecule has 0 saturated carbocycles. The zero-order valence-corrected chi connectivity index (χ0v) is 11.5. The molecule has 98 valence electrons. The molecule has 2 rings (SSSR count). The predicted molar refractivity (Wildman–Crippen MR) is 75.0 cm³/mol. The molecule has 0 spiro atoms. The number of methoxy groups -OCH3 is 1. The van der Waals surface area contributed by atoms with Crippen molar-refractivity contribution in [2.24, 2.45) is 10.7 Å². The Balaban J connectivity index is 2.42. The number of nitrogens with zero attached hydrogens (tertiary/aromatic N) is 2. The third-order valence-corrected chi connectivity index (χ3v) is 3.79. The van der Waals surface area contributed by atoms with Crippen LogP contribution in [-0.4, -0.2) is 31.3 Å². The van der Waals surface area contributed by atoms with Gasteiger partial charge in [-0.1, -0.05) is 12.1 Å². The first-order valence-corrected chi connectivity index (χ1v) is 6.18. The van der Waals surface area contributed by atoms with Crippen LogP contribution in [0.15, 0.2) is 29.3 Å². The Labute approximate surface area is 108 Å². The topological polar surface area (TPSA) is 50.9 Å². The first-order chi connectivity index (χ1) is 8.49. The molecule has 0 amide bonds. The van der Waals surface area contributed by atoms with Crippen LogP contribution in [0.4, 0.5) is 5.69 Å². The van der Waals surface area contributed by atoms with Gasteiger partial charge in [0.15, 0.2) is 5.96 Å². The van der Waals surface area contributed by atoms with E-state index in [2.05, 4.69) is 48.9 Å². The van der Waals surface area contributed by atoms with Crippen LogP contribution in [0.1, 0.15) is 19.4 Å². The predicted octanol–water partition coefficient (Wildman–Crippen LogP) is 1.92. The summed E-state index contributed by atoms with van der Waals surface area (Å²) in [6, 6.07) is 8.29. The van der Waals surface area contributed by atoms with Crippen molar-refractivity contribution in [3.8, 4) is 0 Å². The van der Waals surface area contributed by atoms with E-state index in [-0.39, 0.29) is 11.6 Å². The normalized spacial score (nSPS) is 25.1. The summed E-state index contributed by atoms with van der Waals surface area (Å²) in [4.78, 5) is 6.46. The molecule has 1 heterocycles. The minimum Gasteiger partial charge on any atom is -0.379 e. The Morgan fingerprint density at radius 1 is 1.50 bits per heavy atom. The van der Waals surface area contributed by atoms with Crippen LogP contribution in [0, 0.1) is 6.92 Å². The molecular weight excluding hydrogens is 226 g/mol. The van der Waals surface area contributed by atoms with Gasteiger partial charge in [-0.15, -0.1) is 0 Å². The monoisotopic (exact) mass is 247 g/mol. The third-order valence-electron chi connectivity index (χ3n) is 3.79. The van der Waals surface area contributed by atoms with E-state index in [9.17, 15) is 0 Å². The standard InChI is InChI=1S/C14H21N3O/c1-10-6-5-7-12(8-10)17-13(15)16-9-14(17,3)11(2)18-4/h5-8,11H,9H2,1-4H3,(H2,15,16). The molecule has 4 nitrogen and oxygen atoms in total. The molecule has 0 bridgehead atoms. The number of guanidine groups is 1. The maximum Gasteiger partial charge on any atom is 0.196 e. The molecule has 1 aromatic carbocycles. The zero-order chi connectivity index (χ0) is 13.3. The highest BCUT2D eigenvalue weighted by molar-refractivity contribution is 5.98. The van der Waals surface area contributed by atoms with Gasteiger partial charge in [0, 0.05) is 12.8 Å². The van der Waals surface area contributed by atoms with Crippen LogP contribution < -0.4 is 10.6 Å². The van der Waals surface area contributed by atoms with E-state index in [0.29, 0.717) is 12.5 Å². The van der Waals surface area contributed by atoms with Gasteiger partial charge in [0.05, 0.1) is 18.2 Å². The lowest BCUT2D eigenvalue weighted by Gasteiger charge is -2.40. The molecule has 0 saturated heterocycles. The van der Waals surface area contributed by atoms with Gasteiger partial charge in [0.1, 0.15) is 0 Å². The third kappa shape index (κ3) is 1.97. The minimum atomic E-state index is -0.230. The lowest BCUT2D eigenvalue weighted by molar-refractivity contribution is 0.0645. The van der Waals surface area contributed by atoms with Crippen LogP contribution in [0.2, 0.25) is 0 Å². The summed E-state index contributed by atoms with van der Waals surface area (Å²) < 4.78 is 5.50. The van der Waals surface area contributed by atoms with Crippen molar-refractivity contribution in [3.63, 3.8) is 0 Å². The number of aryl methyl sites for hydroxylation is 1. The molecular formula is C14H21N3O. The van der Waals surface area contributed by atoms with Crippen LogP contribution in [0.5, 0.6) is 0 Å². The van der Waals surface area contributed by atoms with E-state index in [0.717, 1.165) is 5.69 Å². The average molecular weight is 247 g/mol. The highest BCUT2D eigenvalue weighted by Crippen LogP contribution is 2.32. The molecule has 1 aliphatic heterocycles. The van der Waals surface area contributed by atoms with Crippen molar-refractivity contribution in [1.29, 1.82) is 0 Å². The van der Waals surface area contributed by atoms with Gasteiger partial charge in [-0.2, -0.15) is 0 Å². The average Bonchev–Trinajstić information content (AvgIpc) is 2.65. The van der Waals surface area contributed by atoms with Crippen molar-refractivity contribution < 1.29 is 4.74 Å². The second-order valence-electron chi connectivity index (χ2n) is 5.08. The Morgan fingerprint density at radius 2 is 2.22 bits per heavy atom. The number of hydrogen-bond donors (Lipinski definition) is 1. The van der Waals surface area contributed by atoms with Crippen LogP contribution in [-0.2, 0) is 4.74 Å². The highest BCUT2D eigenvalue weighted by Gasteiger charge is 2.43. The molecule has 4 heteroatoms. The van der Waals surface area contributed by atoms with Crippen LogP contribution in [0.25, 0.3) is 0 Å². The van der Waals surface area contributed by atoms with Gasteiger partial charge in [0.2, 0.25) is 0 Å². The van der Waals surface area contributed by atoms with Gasteiger partial charge >= 0.3 is 0 Å². The molecule has 0 fully saturated rings. The maximum atomic E-state index is 6.05. The first-order valence-electron chi connectivity index (χ1n) is 6.18. The first kappa shape index (κ1) is 12.9. The SMILES string of the molecule is COC(C)C1(C)CN=C(N)N1c1cccc(C)c1. The van der Waals surface area contributed by atoms with Crippen molar-refractivity contribution in [1.82, 2.24) is 0 Å². The number of ether oxygens (including phenoxy) is 1. The summed E-state index contributed by atoms with van der Waals surface area (Å²) in [5.74, 6) is 0.562. The fourth-order valence-corrected chi connectivity index (χ4v) is 2.40. The van der Waals surface area contributed by atoms with E-state index >= 15 is 0 Å². The van der Waals surface area contributed by atoms with E-state index in [1.165, 1.54) is 5.56 Å². The Bertz CT molecular complexity index is 472. The lowest BCUT2D eigenvalue weighted by Crippen LogP contribution is -2.56. The van der Waals surface area contributed by atoms with Gasteiger partial charge in [-0.25, -0.2) is 0 Å². The van der Waals surface area contributed by atoms with Crippen LogP contribution in [0.3, 0.4) is 0 Å². The van der Waals surface area contributed by atoms with Crippen LogP contribution >= 0.6 is 0 Å². The number of anilines is 1. The molecule has 2 atom stereocenters. The lowest BCUT2D eigenvalue weighted by atomic mass is 9.94. The second-order valence-corrected chi connectivity index (χ2v) is 5.08. The molecule has 1 aliphatic rings. The Morgan fingerprint density at radius 3 is 2.83 bits per heavy atom.